The fraction of sp³-hybridized carbons (Fsp3) is 0.179. The van der Waals surface area contributed by atoms with Crippen molar-refractivity contribution < 1.29 is 13.6 Å². The highest BCUT2D eigenvalue weighted by molar-refractivity contribution is 7.22. The summed E-state index contributed by atoms with van der Waals surface area (Å²) in [6, 6.07) is 22.2. The third kappa shape index (κ3) is 4.86. The number of nitrogens with zero attached hydrogens (tertiary/aromatic N) is 3. The molecule has 0 fully saturated rings. The molecule has 5 nitrogen and oxygen atoms in total. The zero-order valence-corrected chi connectivity index (χ0v) is 20.3. The molecule has 0 saturated carbocycles. The van der Waals surface area contributed by atoms with Gasteiger partial charge in [-0.15, -0.1) is 0 Å². The molecule has 0 unspecified atom stereocenters. The summed E-state index contributed by atoms with van der Waals surface area (Å²) in [4.78, 5) is 24.1. The highest BCUT2D eigenvalue weighted by Gasteiger charge is 2.23. The smallest absolute Gasteiger partial charge is 0.233 e. The average molecular weight is 486 g/mol. The first-order chi connectivity index (χ1) is 17.0. The molecular weight excluding hydrogens is 461 g/mol. The Morgan fingerprint density at radius 1 is 1.03 bits per heavy atom. The second kappa shape index (κ2) is 9.80. The van der Waals surface area contributed by atoms with Gasteiger partial charge in [0, 0.05) is 12.8 Å². The molecule has 5 rings (SSSR count). The van der Waals surface area contributed by atoms with Gasteiger partial charge in [0.25, 0.3) is 0 Å². The second-order valence-corrected chi connectivity index (χ2v) is 9.55. The van der Waals surface area contributed by atoms with Crippen LogP contribution in [0.3, 0.4) is 0 Å². The SMILES string of the molecule is CC(C)c1ccc(N(C(=O)CCc2ncc(-c3ccccc3F)o2)c2nc3ccccc3s2)cc1. The Morgan fingerprint density at radius 3 is 2.51 bits per heavy atom. The van der Waals surface area contributed by atoms with Crippen molar-refractivity contribution in [1.29, 1.82) is 0 Å². The molecule has 1 amide bonds. The van der Waals surface area contributed by atoms with Gasteiger partial charge in [-0.3, -0.25) is 9.69 Å². The maximum atomic E-state index is 14.1. The number of hydrogen-bond donors (Lipinski definition) is 0. The van der Waals surface area contributed by atoms with Gasteiger partial charge >= 0.3 is 0 Å². The Bertz CT molecular complexity index is 1440. The molecule has 0 aliphatic heterocycles. The van der Waals surface area contributed by atoms with E-state index in [4.69, 9.17) is 9.40 Å². The van der Waals surface area contributed by atoms with Crippen molar-refractivity contribution in [2.24, 2.45) is 0 Å². The number of carbonyl (C=O) groups excluding carboxylic acids is 1. The number of benzene rings is 3. The zero-order chi connectivity index (χ0) is 24.4. The van der Waals surface area contributed by atoms with Crippen molar-refractivity contribution in [3.05, 3.63) is 96.3 Å². The van der Waals surface area contributed by atoms with E-state index < -0.39 is 0 Å². The number of rotatable bonds is 7. The molecule has 0 saturated heterocycles. The molecule has 0 aliphatic rings. The molecule has 7 heteroatoms. The van der Waals surface area contributed by atoms with Gasteiger partial charge in [0.05, 0.1) is 27.7 Å². The first-order valence-corrected chi connectivity index (χ1v) is 12.3. The van der Waals surface area contributed by atoms with Gasteiger partial charge in [0.15, 0.2) is 16.8 Å². The predicted octanol–water partition coefficient (Wildman–Crippen LogP) is 7.51. The van der Waals surface area contributed by atoms with Gasteiger partial charge < -0.3 is 4.42 Å². The Labute approximate surface area is 206 Å². The van der Waals surface area contributed by atoms with E-state index in [0.717, 1.165) is 15.9 Å². The van der Waals surface area contributed by atoms with E-state index in [2.05, 4.69) is 18.8 Å². The molecule has 0 radical (unpaired) electrons. The molecule has 5 aromatic rings. The fourth-order valence-electron chi connectivity index (χ4n) is 3.86. The summed E-state index contributed by atoms with van der Waals surface area (Å²) in [6.45, 7) is 4.27. The first-order valence-electron chi connectivity index (χ1n) is 11.5. The molecular formula is C28H24FN3O2S. The van der Waals surface area contributed by atoms with Crippen molar-refractivity contribution in [1.82, 2.24) is 9.97 Å². The molecule has 0 N–H and O–H groups in total. The van der Waals surface area contributed by atoms with Crippen LogP contribution in [0.4, 0.5) is 15.2 Å². The van der Waals surface area contributed by atoms with Crippen molar-refractivity contribution >= 4 is 38.3 Å². The number of amides is 1. The fourth-order valence-corrected chi connectivity index (χ4v) is 4.87. The summed E-state index contributed by atoms with van der Waals surface area (Å²) in [5, 5.41) is 0.618. The Morgan fingerprint density at radius 2 is 1.77 bits per heavy atom. The second-order valence-electron chi connectivity index (χ2n) is 8.54. The van der Waals surface area contributed by atoms with E-state index in [1.807, 2.05) is 48.5 Å². The highest BCUT2D eigenvalue weighted by atomic mass is 32.1. The summed E-state index contributed by atoms with van der Waals surface area (Å²) in [7, 11) is 0. The van der Waals surface area contributed by atoms with E-state index >= 15 is 0 Å². The third-order valence-electron chi connectivity index (χ3n) is 5.79. The first kappa shape index (κ1) is 22.9. The largest absolute Gasteiger partial charge is 0.441 e. The Kier molecular flexibility index (Phi) is 6.42. The monoisotopic (exact) mass is 485 g/mol. The minimum Gasteiger partial charge on any atom is -0.441 e. The molecule has 176 valence electrons. The van der Waals surface area contributed by atoms with E-state index in [9.17, 15) is 9.18 Å². The summed E-state index contributed by atoms with van der Waals surface area (Å²) in [5.41, 5.74) is 3.16. The number of aryl methyl sites for hydroxylation is 1. The van der Waals surface area contributed by atoms with Crippen molar-refractivity contribution in [2.75, 3.05) is 4.90 Å². The Balaban J connectivity index is 1.40. The number of para-hydroxylation sites is 1. The van der Waals surface area contributed by atoms with Crippen LogP contribution in [0.25, 0.3) is 21.5 Å². The minimum absolute atomic E-state index is 0.119. The summed E-state index contributed by atoms with van der Waals surface area (Å²) in [6.07, 6.45) is 1.95. The van der Waals surface area contributed by atoms with E-state index in [1.165, 1.54) is 29.2 Å². The van der Waals surface area contributed by atoms with Crippen molar-refractivity contribution in [2.45, 2.75) is 32.6 Å². The van der Waals surface area contributed by atoms with Crippen LogP contribution in [0.1, 0.15) is 37.6 Å². The lowest BCUT2D eigenvalue weighted by molar-refractivity contribution is -0.117. The molecule has 0 atom stereocenters. The van der Waals surface area contributed by atoms with E-state index in [0.29, 0.717) is 34.7 Å². The number of thiazole rings is 1. The maximum absolute atomic E-state index is 14.1. The quantitative estimate of drug-likeness (QED) is 0.239. The molecule has 35 heavy (non-hydrogen) atoms. The van der Waals surface area contributed by atoms with Crippen LogP contribution in [-0.4, -0.2) is 15.9 Å². The van der Waals surface area contributed by atoms with Crippen LogP contribution in [0.2, 0.25) is 0 Å². The number of hydrogen-bond acceptors (Lipinski definition) is 5. The van der Waals surface area contributed by atoms with Gasteiger partial charge in [-0.2, -0.15) is 0 Å². The number of carbonyl (C=O) groups is 1. The number of anilines is 2. The molecule has 3 aromatic carbocycles. The lowest BCUT2D eigenvalue weighted by Gasteiger charge is -2.20. The summed E-state index contributed by atoms with van der Waals surface area (Å²) >= 11 is 1.48. The summed E-state index contributed by atoms with van der Waals surface area (Å²) in [5.74, 6) is 0.628. The van der Waals surface area contributed by atoms with E-state index in [1.54, 1.807) is 23.1 Å². The van der Waals surface area contributed by atoms with Gasteiger partial charge in [0.1, 0.15) is 5.82 Å². The van der Waals surface area contributed by atoms with Crippen LogP contribution in [0, 0.1) is 5.82 Å². The van der Waals surface area contributed by atoms with Crippen LogP contribution in [0.5, 0.6) is 0 Å². The normalized spacial score (nSPS) is 11.3. The zero-order valence-electron chi connectivity index (χ0n) is 19.4. The molecule has 0 spiro atoms. The minimum atomic E-state index is -0.377. The number of halogens is 1. The third-order valence-corrected chi connectivity index (χ3v) is 6.81. The number of aromatic nitrogens is 2. The van der Waals surface area contributed by atoms with Gasteiger partial charge in [-0.05, 0) is 47.9 Å². The standard InChI is InChI=1S/C28H24FN3O2S/c1-18(2)19-11-13-20(14-12-19)32(28-31-23-9-5-6-10-25(23)35-28)27(33)16-15-26-30-17-24(34-26)21-7-3-4-8-22(21)29/h3-14,17-18H,15-16H2,1-2H3. The van der Waals surface area contributed by atoms with Gasteiger partial charge in [-0.25, -0.2) is 14.4 Å². The van der Waals surface area contributed by atoms with Gasteiger partial charge in [0.2, 0.25) is 5.91 Å². The topological polar surface area (TPSA) is 59.2 Å². The van der Waals surface area contributed by atoms with Crippen molar-refractivity contribution in [3.8, 4) is 11.3 Å². The van der Waals surface area contributed by atoms with Crippen LogP contribution >= 0.6 is 11.3 Å². The Hall–Kier alpha value is -3.84. The number of fused-ring (bicyclic) bond motifs is 1. The lowest BCUT2D eigenvalue weighted by Crippen LogP contribution is -2.26. The van der Waals surface area contributed by atoms with Crippen LogP contribution in [-0.2, 0) is 11.2 Å². The maximum Gasteiger partial charge on any atom is 0.233 e. The lowest BCUT2D eigenvalue weighted by atomic mass is 10.0. The molecule has 0 bridgehead atoms. The summed E-state index contributed by atoms with van der Waals surface area (Å²) < 4.78 is 20.9. The van der Waals surface area contributed by atoms with Crippen LogP contribution in [0.15, 0.2) is 83.4 Å². The highest BCUT2D eigenvalue weighted by Crippen LogP contribution is 2.35. The van der Waals surface area contributed by atoms with Crippen LogP contribution < -0.4 is 4.90 Å². The average Bonchev–Trinajstić information content (AvgIpc) is 3.50. The van der Waals surface area contributed by atoms with E-state index in [-0.39, 0.29) is 18.1 Å². The molecule has 2 aromatic heterocycles. The molecule has 0 aliphatic carbocycles. The van der Waals surface area contributed by atoms with Gasteiger partial charge in [-0.1, -0.05) is 61.6 Å². The molecule has 2 heterocycles. The predicted molar refractivity (Wildman–Crippen MR) is 138 cm³/mol. The number of oxazole rings is 1. The van der Waals surface area contributed by atoms with Crippen molar-refractivity contribution in [3.63, 3.8) is 0 Å².